The number of para-hydroxylation sites is 1. The SMILES string of the molecule is CCOc1cc(/C=C2/SC(=Nc3ccc(C)cc3)N(CC(C)C)C2=O)ccc1OCC(=O)Nc1ccccc1. The summed E-state index contributed by atoms with van der Waals surface area (Å²) in [5.41, 5.74) is 3.45. The van der Waals surface area contributed by atoms with E-state index < -0.39 is 0 Å². The number of amidine groups is 1. The number of ether oxygens (including phenoxy) is 2. The van der Waals surface area contributed by atoms with Gasteiger partial charge in [0.1, 0.15) is 0 Å². The summed E-state index contributed by atoms with van der Waals surface area (Å²) in [6.07, 6.45) is 1.84. The van der Waals surface area contributed by atoms with Crippen molar-refractivity contribution in [3.63, 3.8) is 0 Å². The third-order valence-corrected chi connectivity index (χ3v) is 6.68. The summed E-state index contributed by atoms with van der Waals surface area (Å²) in [5.74, 6) is 0.902. The lowest BCUT2D eigenvalue weighted by molar-refractivity contribution is -0.122. The van der Waals surface area contributed by atoms with Crippen molar-refractivity contribution in [2.75, 3.05) is 25.1 Å². The number of rotatable bonds is 10. The van der Waals surface area contributed by atoms with Gasteiger partial charge in [-0.3, -0.25) is 14.5 Å². The molecule has 7 nitrogen and oxygen atoms in total. The van der Waals surface area contributed by atoms with Crippen molar-refractivity contribution in [3.8, 4) is 11.5 Å². The summed E-state index contributed by atoms with van der Waals surface area (Å²) in [6.45, 7) is 8.92. The van der Waals surface area contributed by atoms with Gasteiger partial charge in [0, 0.05) is 12.2 Å². The number of carbonyl (C=O) groups excluding carboxylic acids is 2. The van der Waals surface area contributed by atoms with Crippen molar-refractivity contribution < 1.29 is 19.1 Å². The zero-order valence-electron chi connectivity index (χ0n) is 22.6. The van der Waals surface area contributed by atoms with E-state index in [2.05, 4.69) is 19.2 Å². The first kappa shape index (κ1) is 28.0. The molecule has 2 amide bonds. The van der Waals surface area contributed by atoms with Crippen LogP contribution < -0.4 is 14.8 Å². The Bertz CT molecular complexity index is 1370. The molecular formula is C31H33N3O4S. The Balaban J connectivity index is 1.52. The van der Waals surface area contributed by atoms with Gasteiger partial charge in [-0.1, -0.05) is 55.8 Å². The molecule has 3 aromatic carbocycles. The Morgan fingerprint density at radius 2 is 1.77 bits per heavy atom. The van der Waals surface area contributed by atoms with Gasteiger partial charge in [0.15, 0.2) is 23.3 Å². The Hall–Kier alpha value is -4.04. The minimum absolute atomic E-state index is 0.0737. The number of aryl methyl sites for hydroxylation is 1. The Morgan fingerprint density at radius 3 is 2.46 bits per heavy atom. The predicted molar refractivity (Wildman–Crippen MR) is 159 cm³/mol. The molecule has 8 heteroatoms. The maximum Gasteiger partial charge on any atom is 0.266 e. The van der Waals surface area contributed by atoms with E-state index >= 15 is 0 Å². The van der Waals surface area contributed by atoms with Gasteiger partial charge in [-0.25, -0.2) is 4.99 Å². The summed E-state index contributed by atoms with van der Waals surface area (Å²) in [7, 11) is 0. The van der Waals surface area contributed by atoms with Crippen molar-refractivity contribution in [1.82, 2.24) is 4.90 Å². The van der Waals surface area contributed by atoms with E-state index in [-0.39, 0.29) is 24.3 Å². The fourth-order valence-corrected chi connectivity index (χ4v) is 4.87. The summed E-state index contributed by atoms with van der Waals surface area (Å²) >= 11 is 1.36. The molecule has 0 radical (unpaired) electrons. The van der Waals surface area contributed by atoms with Crippen molar-refractivity contribution >= 4 is 46.2 Å². The molecule has 202 valence electrons. The van der Waals surface area contributed by atoms with Gasteiger partial charge < -0.3 is 14.8 Å². The van der Waals surface area contributed by atoms with Crippen LogP contribution in [0.1, 0.15) is 31.9 Å². The topological polar surface area (TPSA) is 80.2 Å². The van der Waals surface area contributed by atoms with Crippen LogP contribution >= 0.6 is 11.8 Å². The van der Waals surface area contributed by atoms with E-state index in [1.54, 1.807) is 11.0 Å². The predicted octanol–water partition coefficient (Wildman–Crippen LogP) is 6.67. The second-order valence-electron chi connectivity index (χ2n) is 9.49. The maximum absolute atomic E-state index is 13.4. The molecule has 4 rings (SSSR count). The maximum atomic E-state index is 13.4. The first-order valence-corrected chi connectivity index (χ1v) is 13.8. The highest BCUT2D eigenvalue weighted by Gasteiger charge is 2.33. The van der Waals surface area contributed by atoms with Crippen molar-refractivity contribution in [2.45, 2.75) is 27.7 Å². The number of hydrogen-bond acceptors (Lipinski definition) is 6. The third kappa shape index (κ3) is 7.74. The highest BCUT2D eigenvalue weighted by atomic mass is 32.2. The molecule has 1 aliphatic rings. The van der Waals surface area contributed by atoms with Gasteiger partial charge >= 0.3 is 0 Å². The molecule has 1 aliphatic heterocycles. The van der Waals surface area contributed by atoms with Crippen LogP contribution in [0.4, 0.5) is 11.4 Å². The fraction of sp³-hybridized carbons (Fsp3) is 0.258. The first-order valence-electron chi connectivity index (χ1n) is 12.9. The monoisotopic (exact) mass is 543 g/mol. The molecule has 0 aromatic heterocycles. The van der Waals surface area contributed by atoms with Crippen LogP contribution in [0.15, 0.2) is 82.7 Å². The lowest BCUT2D eigenvalue weighted by Crippen LogP contribution is -2.32. The average molecular weight is 544 g/mol. The number of amides is 2. The molecule has 0 saturated carbocycles. The lowest BCUT2D eigenvalue weighted by atomic mass is 10.1. The van der Waals surface area contributed by atoms with E-state index in [4.69, 9.17) is 14.5 Å². The summed E-state index contributed by atoms with van der Waals surface area (Å²) in [5, 5.41) is 3.46. The lowest BCUT2D eigenvalue weighted by Gasteiger charge is -2.17. The number of anilines is 1. The van der Waals surface area contributed by atoms with Gasteiger partial charge in [0.25, 0.3) is 11.8 Å². The molecule has 0 spiro atoms. The summed E-state index contributed by atoms with van der Waals surface area (Å²) in [6, 6.07) is 22.5. The van der Waals surface area contributed by atoms with Crippen LogP contribution in [0.3, 0.4) is 0 Å². The van der Waals surface area contributed by atoms with Crippen LogP contribution in [0.25, 0.3) is 6.08 Å². The molecule has 1 fully saturated rings. The van der Waals surface area contributed by atoms with Crippen LogP contribution in [0.5, 0.6) is 11.5 Å². The van der Waals surface area contributed by atoms with E-state index in [0.717, 1.165) is 16.8 Å². The number of aliphatic imine (C=N–C) groups is 1. The smallest absolute Gasteiger partial charge is 0.266 e. The minimum atomic E-state index is -0.270. The number of carbonyl (C=O) groups is 2. The molecule has 1 N–H and O–H groups in total. The Labute approximate surface area is 233 Å². The number of nitrogens with one attached hydrogen (secondary N) is 1. The highest BCUT2D eigenvalue weighted by molar-refractivity contribution is 8.18. The minimum Gasteiger partial charge on any atom is -0.490 e. The quantitative estimate of drug-likeness (QED) is 0.289. The van der Waals surface area contributed by atoms with E-state index in [0.29, 0.717) is 40.4 Å². The Morgan fingerprint density at radius 1 is 1.03 bits per heavy atom. The largest absolute Gasteiger partial charge is 0.490 e. The molecule has 0 bridgehead atoms. The molecule has 39 heavy (non-hydrogen) atoms. The van der Waals surface area contributed by atoms with Crippen LogP contribution in [0.2, 0.25) is 0 Å². The number of benzene rings is 3. The second-order valence-corrected chi connectivity index (χ2v) is 10.5. The Kier molecular flexibility index (Phi) is 9.44. The van der Waals surface area contributed by atoms with E-state index in [9.17, 15) is 9.59 Å². The van der Waals surface area contributed by atoms with Gasteiger partial charge in [0.2, 0.25) is 0 Å². The van der Waals surface area contributed by atoms with Crippen molar-refractivity contribution in [2.24, 2.45) is 10.9 Å². The number of hydrogen-bond donors (Lipinski definition) is 1. The molecular weight excluding hydrogens is 510 g/mol. The molecule has 0 aliphatic carbocycles. The summed E-state index contributed by atoms with van der Waals surface area (Å²) in [4.78, 5) is 32.8. The van der Waals surface area contributed by atoms with Crippen LogP contribution in [0, 0.1) is 12.8 Å². The van der Waals surface area contributed by atoms with Crippen molar-refractivity contribution in [3.05, 3.63) is 88.8 Å². The average Bonchev–Trinajstić information content (AvgIpc) is 3.18. The molecule has 0 atom stereocenters. The van der Waals surface area contributed by atoms with Gasteiger partial charge in [-0.15, -0.1) is 0 Å². The third-order valence-electron chi connectivity index (χ3n) is 5.68. The van der Waals surface area contributed by atoms with E-state index in [1.807, 2.05) is 86.7 Å². The first-order chi connectivity index (χ1) is 18.8. The fourth-order valence-electron chi connectivity index (χ4n) is 3.86. The molecule has 0 unspecified atom stereocenters. The molecule has 3 aromatic rings. The number of nitrogens with zero attached hydrogens (tertiary/aromatic N) is 2. The van der Waals surface area contributed by atoms with Crippen molar-refractivity contribution in [1.29, 1.82) is 0 Å². The standard InChI is InChI=1S/C31H33N3O4S/c1-5-37-27-17-23(13-16-26(27)38-20-29(35)32-24-9-7-6-8-10-24)18-28-30(36)34(19-21(2)3)31(39-28)33-25-14-11-22(4)12-15-25/h6-18,21H,5,19-20H2,1-4H3,(H,32,35)/b28-18+,33-31?. The molecule has 1 heterocycles. The van der Waals surface area contributed by atoms with Crippen LogP contribution in [-0.4, -0.2) is 41.6 Å². The van der Waals surface area contributed by atoms with Gasteiger partial charge in [0.05, 0.1) is 17.2 Å². The zero-order chi connectivity index (χ0) is 27.8. The normalized spacial score (nSPS) is 15.3. The number of thioether (sulfide) groups is 1. The zero-order valence-corrected chi connectivity index (χ0v) is 23.5. The van der Waals surface area contributed by atoms with E-state index in [1.165, 1.54) is 11.8 Å². The highest BCUT2D eigenvalue weighted by Crippen LogP contribution is 2.36. The molecule has 1 saturated heterocycles. The second kappa shape index (κ2) is 13.2. The van der Waals surface area contributed by atoms with Gasteiger partial charge in [-0.05, 0) is 79.6 Å². The van der Waals surface area contributed by atoms with Gasteiger partial charge in [-0.2, -0.15) is 0 Å². The van der Waals surface area contributed by atoms with Crippen LogP contribution in [-0.2, 0) is 9.59 Å². The summed E-state index contributed by atoms with van der Waals surface area (Å²) < 4.78 is 11.6.